The van der Waals surface area contributed by atoms with Gasteiger partial charge in [-0.2, -0.15) is 0 Å². The predicted molar refractivity (Wildman–Crippen MR) is 53.3 cm³/mol. The van der Waals surface area contributed by atoms with Crippen LogP contribution in [0.25, 0.3) is 0 Å². The lowest BCUT2D eigenvalue weighted by Gasteiger charge is -2.10. The van der Waals surface area contributed by atoms with E-state index in [0.29, 0.717) is 6.04 Å². The van der Waals surface area contributed by atoms with E-state index < -0.39 is 0 Å². The van der Waals surface area contributed by atoms with E-state index in [2.05, 4.69) is 37.2 Å². The normalized spacial score (nSPS) is 24.4. The van der Waals surface area contributed by atoms with Crippen molar-refractivity contribution in [1.82, 2.24) is 10.2 Å². The van der Waals surface area contributed by atoms with Crippen molar-refractivity contribution in [2.75, 3.05) is 26.7 Å². The molecule has 0 bridgehead atoms. The SMILES string of the molecule is CC(C)=CCNC1CCN(C)C1. The van der Waals surface area contributed by atoms with Gasteiger partial charge in [-0.1, -0.05) is 11.6 Å². The maximum atomic E-state index is 3.53. The fourth-order valence-electron chi connectivity index (χ4n) is 1.53. The molecule has 0 radical (unpaired) electrons. The number of likely N-dealkylation sites (N-methyl/N-ethyl adjacent to an activating group) is 1. The van der Waals surface area contributed by atoms with Gasteiger partial charge in [0.1, 0.15) is 0 Å². The zero-order valence-corrected chi connectivity index (χ0v) is 8.43. The molecular formula is C10H20N2. The molecule has 0 amide bonds. The second-order valence-corrected chi connectivity index (χ2v) is 3.94. The largest absolute Gasteiger partial charge is 0.309 e. The van der Waals surface area contributed by atoms with Crippen LogP contribution in [0.5, 0.6) is 0 Å². The van der Waals surface area contributed by atoms with Crippen LogP contribution in [0.3, 0.4) is 0 Å². The third kappa shape index (κ3) is 3.37. The molecule has 1 atom stereocenters. The molecule has 2 heteroatoms. The Balaban J connectivity index is 2.12. The van der Waals surface area contributed by atoms with Gasteiger partial charge in [0.2, 0.25) is 0 Å². The van der Waals surface area contributed by atoms with E-state index in [9.17, 15) is 0 Å². The lowest BCUT2D eigenvalue weighted by atomic mass is 10.2. The van der Waals surface area contributed by atoms with E-state index >= 15 is 0 Å². The molecule has 1 N–H and O–H groups in total. The van der Waals surface area contributed by atoms with Gasteiger partial charge in [-0.25, -0.2) is 0 Å². The van der Waals surface area contributed by atoms with Crippen LogP contribution in [0.2, 0.25) is 0 Å². The summed E-state index contributed by atoms with van der Waals surface area (Å²) < 4.78 is 0. The maximum absolute atomic E-state index is 3.53. The van der Waals surface area contributed by atoms with Crippen LogP contribution in [0.1, 0.15) is 20.3 Å². The van der Waals surface area contributed by atoms with Crippen LogP contribution in [0.15, 0.2) is 11.6 Å². The van der Waals surface area contributed by atoms with Crippen molar-refractivity contribution < 1.29 is 0 Å². The topological polar surface area (TPSA) is 15.3 Å². The summed E-state index contributed by atoms with van der Waals surface area (Å²) in [6.07, 6.45) is 3.55. The van der Waals surface area contributed by atoms with Gasteiger partial charge in [-0.3, -0.25) is 0 Å². The first kappa shape index (κ1) is 9.75. The first-order valence-electron chi connectivity index (χ1n) is 4.74. The molecule has 0 aromatic rings. The molecule has 0 spiro atoms. The lowest BCUT2D eigenvalue weighted by Crippen LogP contribution is -2.31. The molecule has 1 aliphatic rings. The molecule has 1 saturated heterocycles. The third-order valence-corrected chi connectivity index (χ3v) is 2.31. The Hall–Kier alpha value is -0.340. The Bertz CT molecular complexity index is 159. The molecule has 0 aromatic carbocycles. The summed E-state index contributed by atoms with van der Waals surface area (Å²) >= 11 is 0. The number of rotatable bonds is 3. The van der Waals surface area contributed by atoms with Gasteiger partial charge in [-0.05, 0) is 33.9 Å². The highest BCUT2D eigenvalue weighted by Crippen LogP contribution is 2.05. The summed E-state index contributed by atoms with van der Waals surface area (Å²) in [6, 6.07) is 0.714. The summed E-state index contributed by atoms with van der Waals surface area (Å²) in [4.78, 5) is 2.38. The molecule has 1 heterocycles. The highest BCUT2D eigenvalue weighted by molar-refractivity contribution is 4.95. The smallest absolute Gasteiger partial charge is 0.0210 e. The number of allylic oxidation sites excluding steroid dienone is 1. The first-order valence-corrected chi connectivity index (χ1v) is 4.74. The van der Waals surface area contributed by atoms with Crippen LogP contribution >= 0.6 is 0 Å². The molecule has 1 rings (SSSR count). The summed E-state index contributed by atoms with van der Waals surface area (Å²) in [5.74, 6) is 0. The minimum Gasteiger partial charge on any atom is -0.309 e. The van der Waals surface area contributed by atoms with Crippen molar-refractivity contribution in [3.8, 4) is 0 Å². The Labute approximate surface area is 75.6 Å². The summed E-state index contributed by atoms with van der Waals surface area (Å²) in [7, 11) is 2.18. The van der Waals surface area contributed by atoms with Crippen molar-refractivity contribution in [3.05, 3.63) is 11.6 Å². The summed E-state index contributed by atoms with van der Waals surface area (Å²) in [5, 5.41) is 3.53. The zero-order valence-electron chi connectivity index (χ0n) is 8.43. The Morgan fingerprint density at radius 3 is 2.83 bits per heavy atom. The zero-order chi connectivity index (χ0) is 8.97. The Morgan fingerprint density at radius 1 is 1.58 bits per heavy atom. The minimum atomic E-state index is 0.714. The van der Waals surface area contributed by atoms with Gasteiger partial charge in [0.25, 0.3) is 0 Å². The van der Waals surface area contributed by atoms with Crippen LogP contribution in [-0.4, -0.2) is 37.6 Å². The minimum absolute atomic E-state index is 0.714. The molecule has 12 heavy (non-hydrogen) atoms. The molecular weight excluding hydrogens is 148 g/mol. The molecule has 1 fully saturated rings. The number of likely N-dealkylation sites (tertiary alicyclic amines) is 1. The van der Waals surface area contributed by atoms with E-state index in [4.69, 9.17) is 0 Å². The van der Waals surface area contributed by atoms with E-state index in [1.54, 1.807) is 0 Å². The average Bonchev–Trinajstić information content (AvgIpc) is 2.35. The number of nitrogens with zero attached hydrogens (tertiary/aromatic N) is 1. The number of hydrogen-bond acceptors (Lipinski definition) is 2. The molecule has 0 aliphatic carbocycles. The van der Waals surface area contributed by atoms with E-state index in [-0.39, 0.29) is 0 Å². The quantitative estimate of drug-likeness (QED) is 0.638. The second kappa shape index (κ2) is 4.63. The highest BCUT2D eigenvalue weighted by atomic mass is 15.2. The molecule has 1 aliphatic heterocycles. The Kier molecular flexibility index (Phi) is 3.76. The monoisotopic (exact) mass is 168 g/mol. The van der Waals surface area contributed by atoms with Crippen LogP contribution in [0, 0.1) is 0 Å². The van der Waals surface area contributed by atoms with Gasteiger partial charge in [-0.15, -0.1) is 0 Å². The van der Waals surface area contributed by atoms with Crippen molar-refractivity contribution in [2.45, 2.75) is 26.3 Å². The van der Waals surface area contributed by atoms with Crippen LogP contribution in [0.4, 0.5) is 0 Å². The summed E-state index contributed by atoms with van der Waals surface area (Å²) in [5.41, 5.74) is 1.40. The van der Waals surface area contributed by atoms with E-state index in [1.165, 1.54) is 25.1 Å². The van der Waals surface area contributed by atoms with Crippen molar-refractivity contribution >= 4 is 0 Å². The van der Waals surface area contributed by atoms with E-state index in [0.717, 1.165) is 6.54 Å². The standard InChI is InChI=1S/C10H20N2/c1-9(2)4-6-11-10-5-7-12(3)8-10/h4,10-11H,5-8H2,1-3H3. The fraction of sp³-hybridized carbons (Fsp3) is 0.800. The molecule has 2 nitrogen and oxygen atoms in total. The highest BCUT2D eigenvalue weighted by Gasteiger charge is 2.17. The van der Waals surface area contributed by atoms with Crippen molar-refractivity contribution in [1.29, 1.82) is 0 Å². The van der Waals surface area contributed by atoms with Crippen LogP contribution in [-0.2, 0) is 0 Å². The average molecular weight is 168 g/mol. The lowest BCUT2D eigenvalue weighted by molar-refractivity contribution is 0.401. The third-order valence-electron chi connectivity index (χ3n) is 2.31. The molecule has 1 unspecified atom stereocenters. The van der Waals surface area contributed by atoms with Gasteiger partial charge < -0.3 is 10.2 Å². The van der Waals surface area contributed by atoms with Gasteiger partial charge >= 0.3 is 0 Å². The summed E-state index contributed by atoms with van der Waals surface area (Å²) in [6.45, 7) is 7.76. The van der Waals surface area contributed by atoms with Crippen molar-refractivity contribution in [2.24, 2.45) is 0 Å². The number of hydrogen-bond donors (Lipinski definition) is 1. The van der Waals surface area contributed by atoms with E-state index in [1.807, 2.05) is 0 Å². The van der Waals surface area contributed by atoms with Gasteiger partial charge in [0, 0.05) is 19.1 Å². The predicted octanol–water partition coefficient (Wildman–Crippen LogP) is 1.25. The Morgan fingerprint density at radius 2 is 2.33 bits per heavy atom. The van der Waals surface area contributed by atoms with Crippen LogP contribution < -0.4 is 5.32 Å². The van der Waals surface area contributed by atoms with Gasteiger partial charge in [0.05, 0.1) is 0 Å². The molecule has 0 aromatic heterocycles. The maximum Gasteiger partial charge on any atom is 0.0210 e. The molecule has 70 valence electrons. The second-order valence-electron chi connectivity index (χ2n) is 3.94. The number of nitrogens with one attached hydrogen (secondary N) is 1. The first-order chi connectivity index (χ1) is 5.68. The van der Waals surface area contributed by atoms with Crippen molar-refractivity contribution in [3.63, 3.8) is 0 Å². The fourth-order valence-corrected chi connectivity index (χ4v) is 1.53. The molecule has 0 saturated carbocycles. The van der Waals surface area contributed by atoms with Gasteiger partial charge in [0.15, 0.2) is 0 Å².